The van der Waals surface area contributed by atoms with E-state index in [-0.39, 0.29) is 5.91 Å². The van der Waals surface area contributed by atoms with E-state index in [1.807, 2.05) is 55.8 Å². The van der Waals surface area contributed by atoms with Crippen molar-refractivity contribution in [2.75, 3.05) is 5.32 Å². The van der Waals surface area contributed by atoms with Gasteiger partial charge in [0, 0.05) is 12.1 Å². The van der Waals surface area contributed by atoms with Crippen LogP contribution < -0.4 is 5.32 Å². The Morgan fingerprint density at radius 1 is 1.17 bits per heavy atom. The molecule has 0 radical (unpaired) electrons. The van der Waals surface area contributed by atoms with Crippen LogP contribution in [0.5, 0.6) is 0 Å². The number of anilines is 1. The zero-order valence-corrected chi connectivity index (χ0v) is 14.7. The molecule has 0 bridgehead atoms. The number of aryl methyl sites for hydroxylation is 2. The van der Waals surface area contributed by atoms with Crippen LogP contribution in [0.15, 0.2) is 30.3 Å². The van der Waals surface area contributed by atoms with Gasteiger partial charge in [-0.2, -0.15) is 5.10 Å². The second-order valence-electron chi connectivity index (χ2n) is 5.57. The maximum absolute atomic E-state index is 12.1. The fraction of sp³-hybridized carbons (Fsp3) is 0.294. The van der Waals surface area contributed by atoms with E-state index in [1.165, 1.54) is 11.3 Å². The molecule has 3 rings (SSSR count). The third-order valence-corrected chi connectivity index (χ3v) is 4.57. The second kappa shape index (κ2) is 6.92. The first kappa shape index (κ1) is 16.3. The van der Waals surface area contributed by atoms with Gasteiger partial charge in [-0.3, -0.25) is 4.79 Å². The van der Waals surface area contributed by atoms with Crippen LogP contribution in [0.1, 0.15) is 28.4 Å². The maximum Gasteiger partial charge on any atom is 0.226 e. The zero-order valence-electron chi connectivity index (χ0n) is 13.9. The van der Waals surface area contributed by atoms with Gasteiger partial charge in [-0.05, 0) is 44.9 Å². The molecule has 1 amide bonds. The molecule has 2 heterocycles. The molecule has 1 aromatic carbocycles. The molecule has 0 spiro atoms. The van der Waals surface area contributed by atoms with Crippen molar-refractivity contribution in [3.8, 4) is 5.69 Å². The fourth-order valence-corrected chi connectivity index (χ4v) is 3.23. The van der Waals surface area contributed by atoms with Crippen molar-refractivity contribution in [3.05, 3.63) is 52.3 Å². The van der Waals surface area contributed by atoms with Crippen LogP contribution in [0, 0.1) is 20.8 Å². The largest absolute Gasteiger partial charge is 0.301 e. The van der Waals surface area contributed by atoms with Gasteiger partial charge in [0.1, 0.15) is 5.01 Å². The molecule has 24 heavy (non-hydrogen) atoms. The van der Waals surface area contributed by atoms with Crippen molar-refractivity contribution in [1.82, 2.24) is 20.0 Å². The highest BCUT2D eigenvalue weighted by atomic mass is 32.1. The quantitative estimate of drug-likeness (QED) is 0.773. The summed E-state index contributed by atoms with van der Waals surface area (Å²) in [4.78, 5) is 12.1. The number of hydrogen-bond donors (Lipinski definition) is 1. The first-order valence-corrected chi connectivity index (χ1v) is 8.56. The summed E-state index contributed by atoms with van der Waals surface area (Å²) in [5.41, 5.74) is 4.16. The van der Waals surface area contributed by atoms with Crippen LogP contribution in [0.3, 0.4) is 0 Å². The molecule has 0 saturated carbocycles. The molecule has 3 aromatic rings. The van der Waals surface area contributed by atoms with Gasteiger partial charge in [-0.15, -0.1) is 10.2 Å². The summed E-state index contributed by atoms with van der Waals surface area (Å²) < 4.78 is 1.93. The van der Waals surface area contributed by atoms with Gasteiger partial charge in [0.15, 0.2) is 0 Å². The third kappa shape index (κ3) is 3.51. The van der Waals surface area contributed by atoms with E-state index in [0.717, 1.165) is 27.6 Å². The minimum absolute atomic E-state index is 0.0580. The summed E-state index contributed by atoms with van der Waals surface area (Å²) in [5.74, 6) is -0.0580. The summed E-state index contributed by atoms with van der Waals surface area (Å²) in [6, 6.07) is 10.0. The fourth-order valence-electron chi connectivity index (χ4n) is 2.62. The molecule has 6 nitrogen and oxygen atoms in total. The molecule has 0 aliphatic heterocycles. The second-order valence-corrected chi connectivity index (χ2v) is 6.75. The van der Waals surface area contributed by atoms with Crippen molar-refractivity contribution in [1.29, 1.82) is 0 Å². The monoisotopic (exact) mass is 341 g/mol. The van der Waals surface area contributed by atoms with Gasteiger partial charge in [-0.1, -0.05) is 29.5 Å². The van der Waals surface area contributed by atoms with Crippen molar-refractivity contribution in [2.24, 2.45) is 0 Å². The van der Waals surface area contributed by atoms with E-state index >= 15 is 0 Å². The summed E-state index contributed by atoms with van der Waals surface area (Å²) in [7, 11) is 0. The van der Waals surface area contributed by atoms with Crippen molar-refractivity contribution in [2.45, 2.75) is 33.6 Å². The smallest absolute Gasteiger partial charge is 0.226 e. The molecule has 0 saturated heterocycles. The summed E-state index contributed by atoms with van der Waals surface area (Å²) in [6.45, 7) is 5.88. The minimum atomic E-state index is -0.0580. The first-order chi connectivity index (χ1) is 11.5. The normalized spacial score (nSPS) is 10.8. The van der Waals surface area contributed by atoms with E-state index in [2.05, 4.69) is 20.6 Å². The zero-order chi connectivity index (χ0) is 17.1. The SMILES string of the molecule is Cc1nnc(NC(=O)CCc2c(C)nn(-c3ccccc3)c2C)s1. The predicted molar refractivity (Wildman–Crippen MR) is 94.6 cm³/mol. The van der Waals surface area contributed by atoms with Gasteiger partial charge in [0.25, 0.3) is 0 Å². The van der Waals surface area contributed by atoms with Crippen molar-refractivity contribution < 1.29 is 4.79 Å². The molecule has 7 heteroatoms. The average Bonchev–Trinajstić information content (AvgIpc) is 3.10. The van der Waals surface area contributed by atoms with E-state index in [1.54, 1.807) is 0 Å². The number of rotatable bonds is 5. The highest BCUT2D eigenvalue weighted by Gasteiger charge is 2.14. The van der Waals surface area contributed by atoms with Gasteiger partial charge >= 0.3 is 0 Å². The molecular weight excluding hydrogens is 322 g/mol. The van der Waals surface area contributed by atoms with E-state index < -0.39 is 0 Å². The molecule has 0 fully saturated rings. The van der Waals surface area contributed by atoms with Crippen LogP contribution >= 0.6 is 11.3 Å². The molecule has 0 unspecified atom stereocenters. The Balaban J connectivity index is 1.69. The third-order valence-electron chi connectivity index (χ3n) is 3.82. The minimum Gasteiger partial charge on any atom is -0.301 e. The van der Waals surface area contributed by atoms with Crippen LogP contribution in [-0.2, 0) is 11.2 Å². The van der Waals surface area contributed by atoms with Gasteiger partial charge in [0.05, 0.1) is 11.4 Å². The molecule has 0 aliphatic rings. The number of aromatic nitrogens is 4. The van der Waals surface area contributed by atoms with Crippen LogP contribution in [0.25, 0.3) is 5.69 Å². The molecule has 0 aliphatic carbocycles. The Labute approximate surface area is 144 Å². The number of hydrogen-bond acceptors (Lipinski definition) is 5. The molecule has 2 aromatic heterocycles. The Morgan fingerprint density at radius 3 is 2.58 bits per heavy atom. The van der Waals surface area contributed by atoms with Crippen LogP contribution in [0.4, 0.5) is 5.13 Å². The lowest BCUT2D eigenvalue weighted by Gasteiger charge is -2.05. The molecule has 124 valence electrons. The number of carbonyl (C=O) groups excluding carboxylic acids is 1. The number of para-hydroxylation sites is 1. The standard InChI is InChI=1S/C17H19N5OS/c1-11-15(9-10-16(23)18-17-20-19-13(3)24-17)12(2)22(21-11)14-7-5-4-6-8-14/h4-8H,9-10H2,1-3H3,(H,18,20,23). The van der Waals surface area contributed by atoms with Crippen molar-refractivity contribution in [3.63, 3.8) is 0 Å². The first-order valence-electron chi connectivity index (χ1n) is 7.75. The van der Waals surface area contributed by atoms with Crippen LogP contribution in [-0.4, -0.2) is 25.9 Å². The number of benzene rings is 1. The number of nitrogens with one attached hydrogen (secondary N) is 1. The molecule has 0 atom stereocenters. The number of carbonyl (C=O) groups is 1. The lowest BCUT2D eigenvalue weighted by molar-refractivity contribution is -0.116. The predicted octanol–water partition coefficient (Wildman–Crippen LogP) is 3.22. The Kier molecular flexibility index (Phi) is 4.71. The summed E-state index contributed by atoms with van der Waals surface area (Å²) >= 11 is 1.37. The molecule has 1 N–H and O–H groups in total. The molecular formula is C17H19N5OS. The summed E-state index contributed by atoms with van der Waals surface area (Å²) in [5, 5.41) is 16.6. The number of amides is 1. The summed E-state index contributed by atoms with van der Waals surface area (Å²) in [6.07, 6.45) is 1.04. The highest BCUT2D eigenvalue weighted by Crippen LogP contribution is 2.20. The Morgan fingerprint density at radius 2 is 1.92 bits per heavy atom. The van der Waals surface area contributed by atoms with E-state index in [4.69, 9.17) is 0 Å². The van der Waals surface area contributed by atoms with E-state index in [9.17, 15) is 4.79 Å². The van der Waals surface area contributed by atoms with Gasteiger partial charge in [-0.25, -0.2) is 4.68 Å². The number of nitrogens with zero attached hydrogens (tertiary/aromatic N) is 4. The van der Waals surface area contributed by atoms with Crippen LogP contribution in [0.2, 0.25) is 0 Å². The lowest BCUT2D eigenvalue weighted by Crippen LogP contribution is -2.12. The Bertz CT molecular complexity index is 853. The van der Waals surface area contributed by atoms with Gasteiger partial charge in [0.2, 0.25) is 11.0 Å². The highest BCUT2D eigenvalue weighted by molar-refractivity contribution is 7.15. The van der Waals surface area contributed by atoms with Gasteiger partial charge < -0.3 is 5.32 Å². The Hall–Kier alpha value is -2.54. The average molecular weight is 341 g/mol. The maximum atomic E-state index is 12.1. The van der Waals surface area contributed by atoms with Crippen molar-refractivity contribution >= 4 is 22.4 Å². The lowest BCUT2D eigenvalue weighted by atomic mass is 10.1. The topological polar surface area (TPSA) is 72.7 Å². The van der Waals surface area contributed by atoms with E-state index in [0.29, 0.717) is 18.0 Å².